The summed E-state index contributed by atoms with van der Waals surface area (Å²) in [6, 6.07) is 26.2. The van der Waals surface area contributed by atoms with Crippen LogP contribution < -0.4 is 18.9 Å². The maximum absolute atomic E-state index is 5.53. The molecule has 2 aromatic heterocycles. The van der Waals surface area contributed by atoms with Gasteiger partial charge in [-0.1, -0.05) is 48.6 Å². The van der Waals surface area contributed by atoms with Crippen LogP contribution in [0.25, 0.3) is 45.8 Å². The zero-order valence-corrected chi connectivity index (χ0v) is 23.8. The molecule has 0 aliphatic carbocycles. The second-order valence-electron chi connectivity index (χ2n) is 9.43. The molecule has 3 aromatic carbocycles. The Morgan fingerprint density at radius 3 is 1.73 bits per heavy atom. The number of methoxy groups -OCH3 is 4. The van der Waals surface area contributed by atoms with Crippen molar-refractivity contribution in [2.45, 2.75) is 6.92 Å². The largest absolute Gasteiger partial charge is 0.493 e. The van der Waals surface area contributed by atoms with E-state index in [9.17, 15) is 0 Å². The third-order valence-electron chi connectivity index (χ3n) is 6.90. The van der Waals surface area contributed by atoms with E-state index in [-0.39, 0.29) is 0 Å². The summed E-state index contributed by atoms with van der Waals surface area (Å²) in [5.41, 5.74) is 8.65. The summed E-state index contributed by atoms with van der Waals surface area (Å²) in [4.78, 5) is 9.78. The molecule has 0 amide bonds. The summed E-state index contributed by atoms with van der Waals surface area (Å²) in [7, 11) is 6.53. The van der Waals surface area contributed by atoms with Crippen molar-refractivity contribution < 1.29 is 18.9 Å². The molecule has 0 saturated heterocycles. The van der Waals surface area contributed by atoms with Crippen LogP contribution in [0.5, 0.6) is 23.0 Å². The summed E-state index contributed by atoms with van der Waals surface area (Å²) in [5, 5.41) is 0. The van der Waals surface area contributed by atoms with Crippen LogP contribution in [0, 0.1) is 6.92 Å². The van der Waals surface area contributed by atoms with Crippen LogP contribution in [-0.4, -0.2) is 38.4 Å². The van der Waals surface area contributed by atoms with Crippen molar-refractivity contribution in [2.75, 3.05) is 28.4 Å². The molecule has 0 fully saturated rings. The van der Waals surface area contributed by atoms with E-state index in [2.05, 4.69) is 43.3 Å². The Bertz CT molecular complexity index is 1700. The molecule has 41 heavy (non-hydrogen) atoms. The van der Waals surface area contributed by atoms with Crippen LogP contribution in [0.1, 0.15) is 16.7 Å². The maximum Gasteiger partial charge on any atom is 0.161 e. The number of pyridine rings is 2. The Kier molecular flexibility index (Phi) is 8.30. The van der Waals surface area contributed by atoms with Crippen molar-refractivity contribution in [2.24, 2.45) is 0 Å². The van der Waals surface area contributed by atoms with E-state index in [4.69, 9.17) is 28.9 Å². The summed E-state index contributed by atoms with van der Waals surface area (Å²) in [6.07, 6.45) is 7.95. The van der Waals surface area contributed by atoms with Gasteiger partial charge < -0.3 is 18.9 Å². The monoisotopic (exact) mass is 544 g/mol. The van der Waals surface area contributed by atoms with Crippen LogP contribution in [0.15, 0.2) is 91.3 Å². The second-order valence-corrected chi connectivity index (χ2v) is 9.43. The minimum absolute atomic E-state index is 0.663. The van der Waals surface area contributed by atoms with Crippen LogP contribution in [0.2, 0.25) is 0 Å². The third kappa shape index (κ3) is 5.92. The molecule has 5 aromatic rings. The molecule has 0 unspecified atom stereocenters. The molecule has 2 heterocycles. The van der Waals surface area contributed by atoms with Gasteiger partial charge in [0, 0.05) is 34.6 Å². The standard InChI is InChI=1S/C35H32N2O4/c1-23-17-29(22-36-34(23)27-14-16-31(39-3)33(20-27)41-5)35-26(12-11-24-9-7-6-8-10-24)18-28(21-37-35)25-13-15-30(38-2)32(19-25)40-4/h6-22H,1-5H3/b12-11+. The summed E-state index contributed by atoms with van der Waals surface area (Å²) in [6.45, 7) is 2.06. The van der Waals surface area contributed by atoms with E-state index >= 15 is 0 Å². The predicted molar refractivity (Wildman–Crippen MR) is 165 cm³/mol. The molecule has 0 bridgehead atoms. The minimum Gasteiger partial charge on any atom is -0.493 e. The molecule has 0 aliphatic heterocycles. The van der Waals surface area contributed by atoms with Crippen molar-refractivity contribution in [1.29, 1.82) is 0 Å². The Morgan fingerprint density at radius 1 is 0.512 bits per heavy atom. The lowest BCUT2D eigenvalue weighted by Crippen LogP contribution is -1.96. The molecule has 5 rings (SSSR count). The number of hydrogen-bond acceptors (Lipinski definition) is 6. The normalized spacial score (nSPS) is 11.0. The Hall–Kier alpha value is -5.10. The van der Waals surface area contributed by atoms with Gasteiger partial charge in [-0.3, -0.25) is 9.97 Å². The van der Waals surface area contributed by atoms with Gasteiger partial charge in [-0.05, 0) is 66.1 Å². The molecule has 0 spiro atoms. The van der Waals surface area contributed by atoms with E-state index in [1.165, 1.54) is 0 Å². The highest BCUT2D eigenvalue weighted by molar-refractivity contribution is 5.82. The van der Waals surface area contributed by atoms with Gasteiger partial charge in [0.2, 0.25) is 0 Å². The smallest absolute Gasteiger partial charge is 0.161 e. The van der Waals surface area contributed by atoms with Gasteiger partial charge >= 0.3 is 0 Å². The molecular formula is C35H32N2O4. The Morgan fingerprint density at radius 2 is 1.10 bits per heavy atom. The number of aryl methyl sites for hydroxylation is 1. The average molecular weight is 545 g/mol. The topological polar surface area (TPSA) is 62.7 Å². The van der Waals surface area contributed by atoms with Gasteiger partial charge in [0.05, 0.1) is 39.8 Å². The molecule has 0 saturated carbocycles. The molecule has 6 nitrogen and oxygen atoms in total. The summed E-state index contributed by atoms with van der Waals surface area (Å²) in [5.74, 6) is 2.69. The number of ether oxygens (including phenoxy) is 4. The van der Waals surface area contributed by atoms with Gasteiger partial charge in [-0.15, -0.1) is 0 Å². The van der Waals surface area contributed by atoms with Crippen molar-refractivity contribution in [1.82, 2.24) is 9.97 Å². The average Bonchev–Trinajstić information content (AvgIpc) is 3.03. The predicted octanol–water partition coefficient (Wildman–Crippen LogP) is 7.99. The van der Waals surface area contributed by atoms with Gasteiger partial charge in [-0.25, -0.2) is 0 Å². The van der Waals surface area contributed by atoms with E-state index in [1.54, 1.807) is 28.4 Å². The Labute approximate surface area is 240 Å². The number of nitrogens with zero attached hydrogens (tertiary/aromatic N) is 2. The molecule has 206 valence electrons. The van der Waals surface area contributed by atoms with E-state index in [1.807, 2.05) is 67.0 Å². The fraction of sp³-hybridized carbons (Fsp3) is 0.143. The van der Waals surface area contributed by atoms with Crippen molar-refractivity contribution in [3.63, 3.8) is 0 Å². The highest BCUT2D eigenvalue weighted by atomic mass is 16.5. The van der Waals surface area contributed by atoms with E-state index in [0.29, 0.717) is 23.0 Å². The van der Waals surface area contributed by atoms with Crippen LogP contribution in [0.3, 0.4) is 0 Å². The lowest BCUT2D eigenvalue weighted by molar-refractivity contribution is 0.355. The SMILES string of the molecule is COc1ccc(-c2cnc(-c3cnc(-c4ccc(OC)c(OC)c4)c(C)c3)c(/C=C/c3ccccc3)c2)cc1OC. The maximum atomic E-state index is 5.53. The van der Waals surface area contributed by atoms with Crippen LogP contribution in [0.4, 0.5) is 0 Å². The van der Waals surface area contributed by atoms with Gasteiger partial charge in [0.15, 0.2) is 23.0 Å². The fourth-order valence-corrected chi connectivity index (χ4v) is 4.76. The van der Waals surface area contributed by atoms with Crippen molar-refractivity contribution in [3.05, 3.63) is 108 Å². The first-order chi connectivity index (χ1) is 20.0. The van der Waals surface area contributed by atoms with Crippen molar-refractivity contribution >= 4 is 12.2 Å². The van der Waals surface area contributed by atoms with Crippen LogP contribution in [-0.2, 0) is 0 Å². The zero-order valence-electron chi connectivity index (χ0n) is 23.8. The summed E-state index contributed by atoms with van der Waals surface area (Å²) < 4.78 is 21.8. The molecular weight excluding hydrogens is 512 g/mol. The van der Waals surface area contributed by atoms with Crippen LogP contribution >= 0.6 is 0 Å². The lowest BCUT2D eigenvalue weighted by atomic mass is 9.98. The summed E-state index contributed by atoms with van der Waals surface area (Å²) >= 11 is 0. The molecule has 0 radical (unpaired) electrons. The first-order valence-electron chi connectivity index (χ1n) is 13.2. The lowest BCUT2D eigenvalue weighted by Gasteiger charge is -2.14. The second kappa shape index (κ2) is 12.4. The quantitative estimate of drug-likeness (QED) is 0.187. The minimum atomic E-state index is 0.663. The van der Waals surface area contributed by atoms with E-state index < -0.39 is 0 Å². The fourth-order valence-electron chi connectivity index (χ4n) is 4.76. The Balaban J connectivity index is 1.58. The first-order valence-corrected chi connectivity index (χ1v) is 13.2. The van der Waals surface area contributed by atoms with Gasteiger partial charge in [0.1, 0.15) is 0 Å². The third-order valence-corrected chi connectivity index (χ3v) is 6.90. The molecule has 6 heteroatoms. The molecule has 0 atom stereocenters. The number of benzene rings is 3. The zero-order chi connectivity index (χ0) is 28.8. The van der Waals surface area contributed by atoms with Crippen molar-refractivity contribution in [3.8, 4) is 56.6 Å². The van der Waals surface area contributed by atoms with E-state index in [0.717, 1.165) is 50.3 Å². The first kappa shape index (κ1) is 27.5. The van der Waals surface area contributed by atoms with Gasteiger partial charge in [-0.2, -0.15) is 0 Å². The highest BCUT2D eigenvalue weighted by Crippen LogP contribution is 2.36. The number of aromatic nitrogens is 2. The number of hydrogen-bond donors (Lipinski definition) is 0. The van der Waals surface area contributed by atoms with Gasteiger partial charge in [0.25, 0.3) is 0 Å². The highest BCUT2D eigenvalue weighted by Gasteiger charge is 2.14. The number of rotatable bonds is 9. The molecule has 0 N–H and O–H groups in total. The molecule has 0 aliphatic rings.